The van der Waals surface area contributed by atoms with Crippen LogP contribution in [0.2, 0.25) is 0 Å². The lowest BCUT2D eigenvalue weighted by Gasteiger charge is -2.22. The highest BCUT2D eigenvalue weighted by atomic mass is 32.2. The Morgan fingerprint density at radius 1 is 1.33 bits per heavy atom. The number of hydrogen-bond acceptors (Lipinski definition) is 4. The van der Waals surface area contributed by atoms with Gasteiger partial charge in [-0.25, -0.2) is 13.1 Å². The van der Waals surface area contributed by atoms with E-state index in [1.165, 1.54) is 0 Å². The van der Waals surface area contributed by atoms with Crippen molar-refractivity contribution in [2.45, 2.75) is 32.6 Å². The SMILES string of the molecule is CCNCCCCS(=O)(=O)NCC1CCCOC1. The van der Waals surface area contributed by atoms with E-state index in [0.717, 1.165) is 39.0 Å². The van der Waals surface area contributed by atoms with Gasteiger partial charge in [0.25, 0.3) is 0 Å². The van der Waals surface area contributed by atoms with E-state index in [9.17, 15) is 8.42 Å². The van der Waals surface area contributed by atoms with E-state index >= 15 is 0 Å². The normalized spacial score (nSPS) is 21.1. The summed E-state index contributed by atoms with van der Waals surface area (Å²) >= 11 is 0. The molecule has 1 atom stereocenters. The molecule has 18 heavy (non-hydrogen) atoms. The average Bonchev–Trinajstić information content (AvgIpc) is 2.38. The van der Waals surface area contributed by atoms with Crippen LogP contribution in [-0.4, -0.2) is 47.0 Å². The lowest BCUT2D eigenvalue weighted by molar-refractivity contribution is 0.0568. The molecule has 0 saturated carbocycles. The second kappa shape index (κ2) is 8.85. The first-order chi connectivity index (χ1) is 8.64. The van der Waals surface area contributed by atoms with Crippen LogP contribution in [0.4, 0.5) is 0 Å². The number of hydrogen-bond donors (Lipinski definition) is 2. The fourth-order valence-corrected chi connectivity index (χ4v) is 3.22. The minimum atomic E-state index is -3.10. The van der Waals surface area contributed by atoms with E-state index < -0.39 is 10.0 Å². The molecule has 0 aromatic heterocycles. The second-order valence-electron chi connectivity index (χ2n) is 4.81. The van der Waals surface area contributed by atoms with Crippen molar-refractivity contribution in [3.05, 3.63) is 0 Å². The van der Waals surface area contributed by atoms with Gasteiger partial charge in [-0.15, -0.1) is 0 Å². The third kappa shape index (κ3) is 7.31. The molecule has 5 nitrogen and oxygen atoms in total. The zero-order valence-corrected chi connectivity index (χ0v) is 12.1. The van der Waals surface area contributed by atoms with E-state index in [2.05, 4.69) is 10.0 Å². The number of sulfonamides is 1. The Hall–Kier alpha value is -0.170. The van der Waals surface area contributed by atoms with Crippen LogP contribution in [0.15, 0.2) is 0 Å². The zero-order valence-electron chi connectivity index (χ0n) is 11.3. The molecule has 1 saturated heterocycles. The van der Waals surface area contributed by atoms with E-state index in [0.29, 0.717) is 25.5 Å². The average molecular weight is 278 g/mol. The highest BCUT2D eigenvalue weighted by Gasteiger charge is 2.17. The number of rotatable bonds is 9. The zero-order chi connectivity index (χ0) is 13.3. The third-order valence-electron chi connectivity index (χ3n) is 3.11. The van der Waals surface area contributed by atoms with Gasteiger partial charge in [0.1, 0.15) is 0 Å². The van der Waals surface area contributed by atoms with Crippen LogP contribution in [0.1, 0.15) is 32.6 Å². The van der Waals surface area contributed by atoms with Gasteiger partial charge in [-0.2, -0.15) is 0 Å². The smallest absolute Gasteiger partial charge is 0.211 e. The highest BCUT2D eigenvalue weighted by Crippen LogP contribution is 2.12. The minimum absolute atomic E-state index is 0.228. The fourth-order valence-electron chi connectivity index (χ4n) is 2.00. The summed E-state index contributed by atoms with van der Waals surface area (Å²) in [6.07, 6.45) is 3.71. The molecule has 1 fully saturated rings. The maximum Gasteiger partial charge on any atom is 0.211 e. The van der Waals surface area contributed by atoms with Gasteiger partial charge < -0.3 is 10.1 Å². The van der Waals surface area contributed by atoms with Gasteiger partial charge in [-0.05, 0) is 44.7 Å². The molecular weight excluding hydrogens is 252 g/mol. The molecule has 0 radical (unpaired) electrons. The molecule has 2 N–H and O–H groups in total. The molecule has 1 aliphatic heterocycles. The van der Waals surface area contributed by atoms with Gasteiger partial charge in [0.2, 0.25) is 10.0 Å². The Kier molecular flexibility index (Phi) is 7.81. The van der Waals surface area contributed by atoms with E-state index in [4.69, 9.17) is 4.74 Å². The molecule has 1 heterocycles. The van der Waals surface area contributed by atoms with Crippen LogP contribution in [0, 0.1) is 5.92 Å². The summed E-state index contributed by atoms with van der Waals surface area (Å²) < 4.78 is 31.5. The van der Waals surface area contributed by atoms with Gasteiger partial charge >= 0.3 is 0 Å². The lowest BCUT2D eigenvalue weighted by Crippen LogP contribution is -2.34. The molecule has 1 aliphatic rings. The monoisotopic (exact) mass is 278 g/mol. The number of ether oxygens (including phenoxy) is 1. The van der Waals surface area contributed by atoms with Crippen molar-refractivity contribution in [2.75, 3.05) is 38.6 Å². The van der Waals surface area contributed by atoms with Crippen molar-refractivity contribution in [3.8, 4) is 0 Å². The summed E-state index contributed by atoms with van der Waals surface area (Å²) in [5.74, 6) is 0.571. The van der Waals surface area contributed by atoms with Gasteiger partial charge in [-0.1, -0.05) is 6.92 Å². The fraction of sp³-hybridized carbons (Fsp3) is 1.00. The van der Waals surface area contributed by atoms with Crippen molar-refractivity contribution < 1.29 is 13.2 Å². The maximum atomic E-state index is 11.7. The summed E-state index contributed by atoms with van der Waals surface area (Å²) in [5.41, 5.74) is 0. The first kappa shape index (κ1) is 15.9. The summed E-state index contributed by atoms with van der Waals surface area (Å²) in [6.45, 7) is 5.89. The van der Waals surface area contributed by atoms with Crippen LogP contribution in [0.25, 0.3) is 0 Å². The maximum absolute atomic E-state index is 11.7. The van der Waals surface area contributed by atoms with Gasteiger partial charge in [0.15, 0.2) is 0 Å². The van der Waals surface area contributed by atoms with Gasteiger partial charge in [0.05, 0.1) is 12.4 Å². The molecule has 0 aromatic carbocycles. The molecule has 108 valence electrons. The molecule has 0 bridgehead atoms. The summed E-state index contributed by atoms with van der Waals surface area (Å²) in [4.78, 5) is 0. The topological polar surface area (TPSA) is 67.4 Å². The summed E-state index contributed by atoms with van der Waals surface area (Å²) in [5, 5.41) is 3.19. The molecule has 6 heteroatoms. The Morgan fingerprint density at radius 2 is 2.17 bits per heavy atom. The van der Waals surface area contributed by atoms with Crippen LogP contribution in [-0.2, 0) is 14.8 Å². The van der Waals surface area contributed by atoms with Crippen molar-refractivity contribution >= 4 is 10.0 Å². The van der Waals surface area contributed by atoms with Gasteiger partial charge in [0, 0.05) is 13.2 Å². The molecule has 0 aliphatic carbocycles. The Balaban J connectivity index is 2.10. The van der Waals surface area contributed by atoms with Crippen molar-refractivity contribution in [3.63, 3.8) is 0 Å². The molecule has 1 unspecified atom stereocenters. The van der Waals surface area contributed by atoms with Crippen LogP contribution in [0.3, 0.4) is 0 Å². The Morgan fingerprint density at radius 3 is 2.83 bits per heavy atom. The molecule has 0 amide bonds. The van der Waals surface area contributed by atoms with Gasteiger partial charge in [-0.3, -0.25) is 0 Å². The predicted octanol–water partition coefficient (Wildman–Crippen LogP) is 0.722. The lowest BCUT2D eigenvalue weighted by atomic mass is 10.0. The second-order valence-corrected chi connectivity index (χ2v) is 6.74. The number of nitrogens with one attached hydrogen (secondary N) is 2. The van der Waals surface area contributed by atoms with Crippen molar-refractivity contribution in [1.82, 2.24) is 10.0 Å². The Bertz CT molecular complexity index is 300. The van der Waals surface area contributed by atoms with E-state index in [1.807, 2.05) is 6.92 Å². The molecule has 0 aromatic rings. The Labute approximate surface area is 111 Å². The summed E-state index contributed by atoms with van der Waals surface area (Å²) in [6, 6.07) is 0. The third-order valence-corrected chi connectivity index (χ3v) is 4.55. The van der Waals surface area contributed by atoms with Crippen LogP contribution < -0.4 is 10.0 Å². The van der Waals surface area contributed by atoms with Crippen molar-refractivity contribution in [1.29, 1.82) is 0 Å². The largest absolute Gasteiger partial charge is 0.381 e. The van der Waals surface area contributed by atoms with Crippen molar-refractivity contribution in [2.24, 2.45) is 5.92 Å². The molecule has 1 rings (SSSR count). The molecular formula is C12H26N2O3S. The van der Waals surface area contributed by atoms with Crippen LogP contribution >= 0.6 is 0 Å². The molecule has 0 spiro atoms. The first-order valence-electron chi connectivity index (χ1n) is 6.90. The minimum Gasteiger partial charge on any atom is -0.381 e. The highest BCUT2D eigenvalue weighted by molar-refractivity contribution is 7.89. The predicted molar refractivity (Wildman–Crippen MR) is 73.1 cm³/mol. The van der Waals surface area contributed by atoms with Crippen LogP contribution in [0.5, 0.6) is 0 Å². The van der Waals surface area contributed by atoms with E-state index in [-0.39, 0.29) is 5.75 Å². The standard InChI is InChI=1S/C12H26N2O3S/c1-2-13-7-3-4-9-18(15,16)14-10-12-6-5-8-17-11-12/h12-14H,2-11H2,1H3. The number of unbranched alkanes of at least 4 members (excludes halogenated alkanes) is 1. The van der Waals surface area contributed by atoms with E-state index in [1.54, 1.807) is 0 Å². The summed E-state index contributed by atoms with van der Waals surface area (Å²) in [7, 11) is -3.10. The quantitative estimate of drug-likeness (QED) is 0.610. The first-order valence-corrected chi connectivity index (χ1v) is 8.55.